The van der Waals surface area contributed by atoms with Crippen molar-refractivity contribution in [3.8, 4) is 0 Å². The first-order valence-electron chi connectivity index (χ1n) is 5.03. The minimum Gasteiger partial charge on any atom is -0.443 e. The Morgan fingerprint density at radius 3 is 2.36 bits per heavy atom. The number of carbonyl (C=O) groups excluding carboxylic acids is 1. The normalized spacial score (nSPS) is 11.8. The molecule has 0 rings (SSSR count). The third kappa shape index (κ3) is 5.62. The molecule has 0 atom stereocenters. The number of carbonyl (C=O) groups is 1. The van der Waals surface area contributed by atoms with Crippen LogP contribution in [0, 0.1) is 0 Å². The summed E-state index contributed by atoms with van der Waals surface area (Å²) >= 11 is 0. The fourth-order valence-electron chi connectivity index (χ4n) is 0.968. The standard InChI is InChI=1S/C11H21NO2/c1-6-8-12(9-7-2)10(13)14-11(3,4)5/h6,8H,7,9H2,1-5H3. The second-order valence-corrected chi connectivity index (χ2v) is 4.16. The van der Waals surface area contributed by atoms with Gasteiger partial charge in [-0.05, 0) is 34.1 Å². The third-order valence-electron chi connectivity index (χ3n) is 1.42. The maximum absolute atomic E-state index is 11.6. The van der Waals surface area contributed by atoms with Gasteiger partial charge >= 0.3 is 6.09 Å². The maximum atomic E-state index is 11.6. The Morgan fingerprint density at radius 2 is 2.00 bits per heavy atom. The van der Waals surface area contributed by atoms with Crippen molar-refractivity contribution in [1.29, 1.82) is 0 Å². The van der Waals surface area contributed by atoms with Gasteiger partial charge in [-0.2, -0.15) is 0 Å². The summed E-state index contributed by atoms with van der Waals surface area (Å²) in [6, 6.07) is 0. The third-order valence-corrected chi connectivity index (χ3v) is 1.42. The fraction of sp³-hybridized carbons (Fsp3) is 0.727. The zero-order valence-corrected chi connectivity index (χ0v) is 9.83. The van der Waals surface area contributed by atoms with Crippen LogP contribution in [0.3, 0.4) is 0 Å². The van der Waals surface area contributed by atoms with Crippen LogP contribution in [0.1, 0.15) is 41.0 Å². The first-order valence-corrected chi connectivity index (χ1v) is 5.03. The van der Waals surface area contributed by atoms with E-state index >= 15 is 0 Å². The number of ether oxygens (including phenoxy) is 1. The van der Waals surface area contributed by atoms with Gasteiger partial charge in [-0.1, -0.05) is 13.0 Å². The van der Waals surface area contributed by atoms with Crippen LogP contribution >= 0.6 is 0 Å². The highest BCUT2D eigenvalue weighted by Crippen LogP contribution is 2.10. The van der Waals surface area contributed by atoms with Crippen LogP contribution in [0.15, 0.2) is 12.3 Å². The molecule has 0 fully saturated rings. The fourth-order valence-corrected chi connectivity index (χ4v) is 0.968. The molecule has 0 unspecified atom stereocenters. The zero-order chi connectivity index (χ0) is 11.2. The Balaban J connectivity index is 4.29. The van der Waals surface area contributed by atoms with Crippen LogP contribution < -0.4 is 0 Å². The Kier molecular flexibility index (Phi) is 5.28. The molecule has 14 heavy (non-hydrogen) atoms. The number of hydrogen-bond acceptors (Lipinski definition) is 2. The van der Waals surface area contributed by atoms with Crippen molar-refractivity contribution in [3.63, 3.8) is 0 Å². The first-order chi connectivity index (χ1) is 6.40. The van der Waals surface area contributed by atoms with Crippen molar-refractivity contribution in [1.82, 2.24) is 4.90 Å². The van der Waals surface area contributed by atoms with Gasteiger partial charge in [0.05, 0.1) is 0 Å². The molecule has 0 saturated heterocycles. The smallest absolute Gasteiger partial charge is 0.414 e. The van der Waals surface area contributed by atoms with Gasteiger partial charge < -0.3 is 4.74 Å². The van der Waals surface area contributed by atoms with Crippen molar-refractivity contribution in [2.45, 2.75) is 46.6 Å². The van der Waals surface area contributed by atoms with Crippen LogP contribution in [0.2, 0.25) is 0 Å². The molecule has 0 aliphatic heterocycles. The van der Waals surface area contributed by atoms with Crippen molar-refractivity contribution in [2.24, 2.45) is 0 Å². The molecule has 0 bridgehead atoms. The van der Waals surface area contributed by atoms with Gasteiger partial charge in [0.1, 0.15) is 5.60 Å². The molecule has 0 heterocycles. The minimum absolute atomic E-state index is 0.280. The summed E-state index contributed by atoms with van der Waals surface area (Å²) in [7, 11) is 0. The van der Waals surface area contributed by atoms with E-state index < -0.39 is 5.60 Å². The molecule has 0 spiro atoms. The van der Waals surface area contributed by atoms with E-state index in [1.54, 1.807) is 11.1 Å². The summed E-state index contributed by atoms with van der Waals surface area (Å²) in [6.07, 6.45) is 4.22. The van der Waals surface area contributed by atoms with Gasteiger partial charge in [0.25, 0.3) is 0 Å². The molecule has 3 nitrogen and oxygen atoms in total. The monoisotopic (exact) mass is 199 g/mol. The number of nitrogens with zero attached hydrogens (tertiary/aromatic N) is 1. The van der Waals surface area contributed by atoms with E-state index in [4.69, 9.17) is 4.74 Å². The average molecular weight is 199 g/mol. The summed E-state index contributed by atoms with van der Waals surface area (Å²) in [6.45, 7) is 10.2. The molecule has 0 N–H and O–H groups in total. The van der Waals surface area contributed by atoms with Crippen LogP contribution in [-0.2, 0) is 4.74 Å². The SMILES string of the molecule is CC=CN(CCC)C(=O)OC(C)(C)C. The first kappa shape index (κ1) is 13.0. The highest BCUT2D eigenvalue weighted by Gasteiger charge is 2.19. The van der Waals surface area contributed by atoms with E-state index in [-0.39, 0.29) is 6.09 Å². The Labute approximate surface area is 86.7 Å². The summed E-state index contributed by atoms with van der Waals surface area (Å²) in [5, 5.41) is 0. The summed E-state index contributed by atoms with van der Waals surface area (Å²) in [5.41, 5.74) is -0.426. The van der Waals surface area contributed by atoms with E-state index in [0.29, 0.717) is 6.54 Å². The summed E-state index contributed by atoms with van der Waals surface area (Å²) < 4.78 is 5.24. The lowest BCUT2D eigenvalue weighted by Crippen LogP contribution is -2.33. The highest BCUT2D eigenvalue weighted by atomic mass is 16.6. The average Bonchev–Trinajstić information content (AvgIpc) is 2.01. The minimum atomic E-state index is -0.426. The van der Waals surface area contributed by atoms with Crippen molar-refractivity contribution >= 4 is 6.09 Å². The van der Waals surface area contributed by atoms with Crippen molar-refractivity contribution in [3.05, 3.63) is 12.3 Å². The molecule has 82 valence electrons. The molecule has 1 amide bonds. The van der Waals surface area contributed by atoms with E-state index in [1.165, 1.54) is 0 Å². The van der Waals surface area contributed by atoms with Gasteiger partial charge in [-0.3, -0.25) is 4.90 Å². The van der Waals surface area contributed by atoms with Crippen molar-refractivity contribution < 1.29 is 9.53 Å². The number of rotatable bonds is 3. The zero-order valence-electron chi connectivity index (χ0n) is 9.83. The Bertz CT molecular complexity index is 204. The van der Waals surface area contributed by atoms with Crippen LogP contribution in [0.4, 0.5) is 4.79 Å². The van der Waals surface area contributed by atoms with E-state index in [2.05, 4.69) is 0 Å². The predicted molar refractivity (Wildman–Crippen MR) is 58.0 cm³/mol. The molecule has 0 aliphatic carbocycles. The maximum Gasteiger partial charge on any atom is 0.414 e. The van der Waals surface area contributed by atoms with Crippen LogP contribution in [-0.4, -0.2) is 23.1 Å². The molecule has 0 aliphatic rings. The quantitative estimate of drug-likeness (QED) is 0.698. The highest BCUT2D eigenvalue weighted by molar-refractivity contribution is 5.69. The predicted octanol–water partition coefficient (Wildman–Crippen LogP) is 3.17. The van der Waals surface area contributed by atoms with Gasteiger partial charge in [0.15, 0.2) is 0 Å². The largest absolute Gasteiger partial charge is 0.443 e. The molecular weight excluding hydrogens is 178 g/mol. The Hall–Kier alpha value is -0.990. The topological polar surface area (TPSA) is 29.5 Å². The van der Waals surface area contributed by atoms with E-state index in [9.17, 15) is 4.79 Å². The van der Waals surface area contributed by atoms with Gasteiger partial charge in [-0.15, -0.1) is 0 Å². The van der Waals surface area contributed by atoms with Crippen LogP contribution in [0.25, 0.3) is 0 Å². The summed E-state index contributed by atoms with van der Waals surface area (Å²) in [4.78, 5) is 13.2. The van der Waals surface area contributed by atoms with Gasteiger partial charge in [0.2, 0.25) is 0 Å². The molecule has 0 saturated carbocycles. The molecule has 0 radical (unpaired) electrons. The summed E-state index contributed by atoms with van der Waals surface area (Å²) in [5.74, 6) is 0. The molecular formula is C11H21NO2. The lowest BCUT2D eigenvalue weighted by atomic mass is 10.2. The Morgan fingerprint density at radius 1 is 1.43 bits per heavy atom. The van der Waals surface area contributed by atoms with E-state index in [1.807, 2.05) is 40.7 Å². The van der Waals surface area contributed by atoms with Gasteiger partial charge in [-0.25, -0.2) is 4.79 Å². The molecule has 0 aromatic heterocycles. The van der Waals surface area contributed by atoms with Crippen molar-refractivity contribution in [2.75, 3.05) is 6.54 Å². The second kappa shape index (κ2) is 5.68. The van der Waals surface area contributed by atoms with Crippen LogP contribution in [0.5, 0.6) is 0 Å². The molecule has 0 aromatic carbocycles. The lowest BCUT2D eigenvalue weighted by molar-refractivity contribution is 0.0335. The second-order valence-electron chi connectivity index (χ2n) is 4.16. The lowest BCUT2D eigenvalue weighted by Gasteiger charge is -2.24. The number of hydrogen-bond donors (Lipinski definition) is 0. The molecule has 0 aromatic rings. The number of allylic oxidation sites excluding steroid dienone is 1. The number of amides is 1. The van der Waals surface area contributed by atoms with E-state index in [0.717, 1.165) is 6.42 Å². The molecule has 3 heteroatoms. The van der Waals surface area contributed by atoms with Gasteiger partial charge in [0, 0.05) is 12.7 Å².